The summed E-state index contributed by atoms with van der Waals surface area (Å²) in [7, 11) is 0. The maximum Gasteiger partial charge on any atom is 0.410 e. The van der Waals surface area contributed by atoms with Gasteiger partial charge >= 0.3 is 6.09 Å². The highest BCUT2D eigenvalue weighted by Crippen LogP contribution is 2.37. The summed E-state index contributed by atoms with van der Waals surface area (Å²) in [6.07, 6.45) is 1.95. The van der Waals surface area contributed by atoms with Crippen molar-refractivity contribution in [3.05, 3.63) is 0 Å². The van der Waals surface area contributed by atoms with Gasteiger partial charge in [-0.3, -0.25) is 0 Å². The van der Waals surface area contributed by atoms with E-state index < -0.39 is 5.60 Å². The Morgan fingerprint density at radius 1 is 1.25 bits per heavy atom. The van der Waals surface area contributed by atoms with Crippen LogP contribution in [-0.4, -0.2) is 35.7 Å². The first-order chi connectivity index (χ1) is 7.35. The number of carbonyl (C=O) groups is 1. The van der Waals surface area contributed by atoms with Gasteiger partial charge in [-0.25, -0.2) is 4.79 Å². The van der Waals surface area contributed by atoms with Gasteiger partial charge in [-0.2, -0.15) is 0 Å². The minimum Gasteiger partial charge on any atom is -0.444 e. The third-order valence-corrected chi connectivity index (χ3v) is 3.44. The van der Waals surface area contributed by atoms with Crippen LogP contribution in [-0.2, 0) is 4.74 Å². The van der Waals surface area contributed by atoms with Crippen molar-refractivity contribution in [2.75, 3.05) is 13.1 Å². The molecule has 4 nitrogen and oxygen atoms in total. The Bertz CT molecular complexity index is 271. The maximum atomic E-state index is 11.8. The predicted molar refractivity (Wildman–Crippen MR) is 62.0 cm³/mol. The highest BCUT2D eigenvalue weighted by molar-refractivity contribution is 5.68. The predicted octanol–water partition coefficient (Wildman–Crippen LogP) is 1.59. The smallest absolute Gasteiger partial charge is 0.410 e. The van der Waals surface area contributed by atoms with E-state index in [0.29, 0.717) is 17.9 Å². The zero-order chi connectivity index (χ0) is 11.9. The Kier molecular flexibility index (Phi) is 2.86. The van der Waals surface area contributed by atoms with Crippen molar-refractivity contribution in [2.24, 2.45) is 17.6 Å². The largest absolute Gasteiger partial charge is 0.444 e. The van der Waals surface area contributed by atoms with E-state index in [1.54, 1.807) is 0 Å². The second-order valence-corrected chi connectivity index (χ2v) is 6.14. The number of likely N-dealkylation sites (tertiary alicyclic amines) is 1. The fraction of sp³-hybridized carbons (Fsp3) is 0.917. The first-order valence-corrected chi connectivity index (χ1v) is 6.08. The number of rotatable bonds is 0. The number of carbonyl (C=O) groups excluding carboxylic acids is 1. The van der Waals surface area contributed by atoms with E-state index in [9.17, 15) is 4.79 Å². The summed E-state index contributed by atoms with van der Waals surface area (Å²) < 4.78 is 5.37. The number of hydrogen-bond donors (Lipinski definition) is 1. The molecule has 1 heterocycles. The minimum absolute atomic E-state index is 0.171. The van der Waals surface area contributed by atoms with Crippen LogP contribution >= 0.6 is 0 Å². The summed E-state index contributed by atoms with van der Waals surface area (Å²) in [5, 5.41) is 0. The van der Waals surface area contributed by atoms with Crippen LogP contribution in [0.3, 0.4) is 0 Å². The summed E-state index contributed by atoms with van der Waals surface area (Å²) in [6, 6.07) is 0.343. The molecule has 1 amide bonds. The second-order valence-electron chi connectivity index (χ2n) is 6.14. The lowest BCUT2D eigenvalue weighted by atomic mass is 10.0. The molecule has 2 N–H and O–H groups in total. The fourth-order valence-electron chi connectivity index (χ4n) is 2.82. The summed E-state index contributed by atoms with van der Waals surface area (Å²) >= 11 is 0. The fourth-order valence-corrected chi connectivity index (χ4v) is 2.82. The monoisotopic (exact) mass is 226 g/mol. The Labute approximate surface area is 97.1 Å². The van der Waals surface area contributed by atoms with Crippen LogP contribution in [0.2, 0.25) is 0 Å². The van der Waals surface area contributed by atoms with Gasteiger partial charge in [-0.05, 0) is 45.4 Å². The van der Waals surface area contributed by atoms with Gasteiger partial charge in [0.2, 0.25) is 0 Å². The Morgan fingerprint density at radius 3 is 2.19 bits per heavy atom. The lowest BCUT2D eigenvalue weighted by Crippen LogP contribution is -2.36. The van der Waals surface area contributed by atoms with Crippen LogP contribution in [0.4, 0.5) is 4.79 Å². The first kappa shape index (κ1) is 11.7. The average Bonchev–Trinajstić information content (AvgIpc) is 2.56. The van der Waals surface area contributed by atoms with Crippen molar-refractivity contribution in [1.29, 1.82) is 0 Å². The van der Waals surface area contributed by atoms with Gasteiger partial charge in [0.15, 0.2) is 0 Å². The van der Waals surface area contributed by atoms with E-state index in [1.807, 2.05) is 25.7 Å². The molecule has 0 radical (unpaired) electrons. The van der Waals surface area contributed by atoms with Gasteiger partial charge < -0.3 is 15.4 Å². The molecule has 2 rings (SSSR count). The van der Waals surface area contributed by atoms with E-state index in [-0.39, 0.29) is 6.09 Å². The topological polar surface area (TPSA) is 55.6 Å². The van der Waals surface area contributed by atoms with Crippen molar-refractivity contribution < 1.29 is 9.53 Å². The molecule has 16 heavy (non-hydrogen) atoms. The van der Waals surface area contributed by atoms with Gasteiger partial charge in [-0.15, -0.1) is 0 Å². The van der Waals surface area contributed by atoms with Crippen LogP contribution in [0.15, 0.2) is 0 Å². The molecule has 1 aliphatic heterocycles. The number of fused-ring (bicyclic) bond motifs is 1. The van der Waals surface area contributed by atoms with E-state index in [4.69, 9.17) is 10.5 Å². The minimum atomic E-state index is -0.398. The summed E-state index contributed by atoms with van der Waals surface area (Å²) in [5.41, 5.74) is 5.52. The molecule has 0 aromatic heterocycles. The van der Waals surface area contributed by atoms with Crippen molar-refractivity contribution in [3.63, 3.8) is 0 Å². The van der Waals surface area contributed by atoms with Crippen molar-refractivity contribution in [2.45, 2.75) is 45.3 Å². The molecule has 0 spiro atoms. The third-order valence-electron chi connectivity index (χ3n) is 3.44. The average molecular weight is 226 g/mol. The second kappa shape index (κ2) is 3.91. The van der Waals surface area contributed by atoms with Gasteiger partial charge in [0.25, 0.3) is 0 Å². The molecule has 1 saturated heterocycles. The number of amides is 1. The molecule has 1 saturated carbocycles. The summed E-state index contributed by atoms with van der Waals surface area (Å²) in [4.78, 5) is 13.7. The summed E-state index contributed by atoms with van der Waals surface area (Å²) in [5.74, 6) is 1.20. The van der Waals surface area contributed by atoms with Gasteiger partial charge in [-0.1, -0.05) is 0 Å². The molecule has 92 valence electrons. The standard InChI is InChI=1S/C12H22N2O2/c1-12(2,3)16-11(15)14-6-8-4-10(13)5-9(8)7-14/h8-10H,4-7,13H2,1-3H3. The Balaban J connectivity index is 1.88. The molecule has 0 bridgehead atoms. The van der Waals surface area contributed by atoms with Gasteiger partial charge in [0.1, 0.15) is 5.60 Å². The molecule has 2 atom stereocenters. The first-order valence-electron chi connectivity index (χ1n) is 6.08. The van der Waals surface area contributed by atoms with Crippen LogP contribution in [0.1, 0.15) is 33.6 Å². The molecule has 1 aliphatic carbocycles. The van der Waals surface area contributed by atoms with Gasteiger partial charge in [0.05, 0.1) is 0 Å². The van der Waals surface area contributed by atoms with E-state index >= 15 is 0 Å². The van der Waals surface area contributed by atoms with Crippen LogP contribution in [0.25, 0.3) is 0 Å². The number of nitrogens with two attached hydrogens (primary N) is 1. The molecule has 2 fully saturated rings. The number of hydrogen-bond acceptors (Lipinski definition) is 3. The normalized spacial score (nSPS) is 34.0. The zero-order valence-corrected chi connectivity index (χ0v) is 10.4. The van der Waals surface area contributed by atoms with Crippen LogP contribution < -0.4 is 5.73 Å². The number of nitrogens with zero attached hydrogens (tertiary/aromatic N) is 1. The molecule has 4 heteroatoms. The van der Waals surface area contributed by atoms with E-state index in [0.717, 1.165) is 25.9 Å². The van der Waals surface area contributed by atoms with E-state index in [1.165, 1.54) is 0 Å². The van der Waals surface area contributed by atoms with Crippen molar-refractivity contribution in [1.82, 2.24) is 4.90 Å². The molecular weight excluding hydrogens is 204 g/mol. The third kappa shape index (κ3) is 2.48. The maximum absolute atomic E-state index is 11.8. The quantitative estimate of drug-likeness (QED) is 0.682. The number of ether oxygens (including phenoxy) is 1. The van der Waals surface area contributed by atoms with Crippen molar-refractivity contribution in [3.8, 4) is 0 Å². The molecule has 0 aromatic carbocycles. The molecular formula is C12H22N2O2. The van der Waals surface area contributed by atoms with Gasteiger partial charge in [0, 0.05) is 19.1 Å². The summed E-state index contributed by atoms with van der Waals surface area (Å²) in [6.45, 7) is 7.35. The SMILES string of the molecule is CC(C)(C)OC(=O)N1CC2CC(N)CC2C1. The Morgan fingerprint density at radius 2 is 1.75 bits per heavy atom. The highest BCUT2D eigenvalue weighted by atomic mass is 16.6. The van der Waals surface area contributed by atoms with E-state index in [2.05, 4.69) is 0 Å². The van der Waals surface area contributed by atoms with Crippen LogP contribution in [0, 0.1) is 11.8 Å². The zero-order valence-electron chi connectivity index (χ0n) is 10.4. The lowest BCUT2D eigenvalue weighted by Gasteiger charge is -2.25. The van der Waals surface area contributed by atoms with Crippen molar-refractivity contribution >= 4 is 6.09 Å². The Hall–Kier alpha value is -0.770. The lowest BCUT2D eigenvalue weighted by molar-refractivity contribution is 0.0279. The molecule has 2 unspecified atom stereocenters. The highest BCUT2D eigenvalue weighted by Gasteiger charge is 2.42. The molecule has 0 aromatic rings. The van der Waals surface area contributed by atoms with Crippen LogP contribution in [0.5, 0.6) is 0 Å². The molecule has 2 aliphatic rings.